The van der Waals surface area contributed by atoms with Gasteiger partial charge in [0.2, 0.25) is 0 Å². The Hall–Kier alpha value is -2.51. The molecule has 6 nitrogen and oxygen atoms in total. The first kappa shape index (κ1) is 17.9. The molecule has 1 aliphatic heterocycles. The van der Waals surface area contributed by atoms with Gasteiger partial charge in [-0.2, -0.15) is 4.98 Å². The second kappa shape index (κ2) is 8.02. The van der Waals surface area contributed by atoms with Crippen molar-refractivity contribution in [1.29, 1.82) is 0 Å². The summed E-state index contributed by atoms with van der Waals surface area (Å²) in [6, 6.07) is 17.3. The molecule has 0 aliphatic carbocycles. The summed E-state index contributed by atoms with van der Waals surface area (Å²) < 4.78 is 6.16. The smallest absolute Gasteiger partial charge is 0.257 e. The van der Waals surface area contributed by atoms with E-state index in [0.717, 1.165) is 29.5 Å². The molecule has 27 heavy (non-hydrogen) atoms. The van der Waals surface area contributed by atoms with Crippen molar-refractivity contribution < 1.29 is 9.32 Å². The summed E-state index contributed by atoms with van der Waals surface area (Å²) in [6.07, 6.45) is 0.902. The molecule has 3 aromatic rings. The number of benzene rings is 2. The van der Waals surface area contributed by atoms with Crippen molar-refractivity contribution in [2.45, 2.75) is 19.0 Å². The number of rotatable bonds is 5. The normalized spacial score (nSPS) is 17.1. The van der Waals surface area contributed by atoms with E-state index in [9.17, 15) is 4.79 Å². The maximum atomic E-state index is 12.4. The van der Waals surface area contributed by atoms with Crippen LogP contribution in [0.4, 0.5) is 0 Å². The van der Waals surface area contributed by atoms with E-state index in [1.54, 1.807) is 0 Å². The minimum absolute atomic E-state index is 0.0553. The number of nitrogens with one attached hydrogen (secondary N) is 1. The van der Waals surface area contributed by atoms with Gasteiger partial charge in [-0.15, -0.1) is 0 Å². The lowest BCUT2D eigenvalue weighted by Crippen LogP contribution is -2.37. The Balaban J connectivity index is 1.33. The van der Waals surface area contributed by atoms with Crippen LogP contribution in [0.5, 0.6) is 0 Å². The van der Waals surface area contributed by atoms with Crippen LogP contribution < -0.4 is 5.32 Å². The molecule has 2 heterocycles. The predicted octanol–water partition coefficient (Wildman–Crippen LogP) is 3.50. The average Bonchev–Trinajstić information content (AvgIpc) is 3.33. The zero-order chi connectivity index (χ0) is 18.6. The monoisotopic (exact) mass is 426 g/mol. The van der Waals surface area contributed by atoms with E-state index in [1.165, 1.54) is 0 Å². The van der Waals surface area contributed by atoms with Gasteiger partial charge in [0.15, 0.2) is 5.82 Å². The molecule has 0 bridgehead atoms. The zero-order valence-electron chi connectivity index (χ0n) is 14.6. The van der Waals surface area contributed by atoms with Gasteiger partial charge in [0.05, 0.1) is 12.1 Å². The number of nitrogens with zero attached hydrogens (tertiary/aromatic N) is 3. The Bertz CT molecular complexity index is 928. The zero-order valence-corrected chi connectivity index (χ0v) is 16.2. The first-order valence-corrected chi connectivity index (χ1v) is 9.64. The molecule has 0 spiro atoms. The summed E-state index contributed by atoms with van der Waals surface area (Å²) in [4.78, 5) is 19.2. The minimum atomic E-state index is -0.0553. The van der Waals surface area contributed by atoms with Crippen molar-refractivity contribution in [2.24, 2.45) is 0 Å². The molecule has 1 amide bonds. The standard InChI is InChI=1S/C20H19BrN4O2/c21-17-9-5-4-8-16(17)19(26)22-15-10-11-25(12-15)13-18-23-20(27-24-18)14-6-2-1-3-7-14/h1-9,15H,10-13H2,(H,22,26). The molecule has 1 saturated heterocycles. The average molecular weight is 427 g/mol. The van der Waals surface area contributed by atoms with E-state index in [0.29, 0.717) is 23.8 Å². The third-order valence-electron chi connectivity index (χ3n) is 4.58. The van der Waals surface area contributed by atoms with Crippen molar-refractivity contribution in [1.82, 2.24) is 20.4 Å². The molecular formula is C20H19BrN4O2. The first-order chi connectivity index (χ1) is 13.2. The van der Waals surface area contributed by atoms with E-state index >= 15 is 0 Å². The lowest BCUT2D eigenvalue weighted by molar-refractivity contribution is 0.0936. The molecule has 1 fully saturated rings. The van der Waals surface area contributed by atoms with Crippen molar-refractivity contribution in [3.8, 4) is 11.5 Å². The van der Waals surface area contributed by atoms with Crippen LogP contribution in [-0.4, -0.2) is 40.1 Å². The fourth-order valence-corrected chi connectivity index (χ4v) is 3.68. The van der Waals surface area contributed by atoms with Crippen molar-refractivity contribution in [3.63, 3.8) is 0 Å². The Morgan fingerprint density at radius 3 is 2.78 bits per heavy atom. The number of amides is 1. The van der Waals surface area contributed by atoms with Crippen LogP contribution in [0.25, 0.3) is 11.5 Å². The van der Waals surface area contributed by atoms with Crippen LogP contribution in [0, 0.1) is 0 Å². The third-order valence-corrected chi connectivity index (χ3v) is 5.27. The van der Waals surface area contributed by atoms with E-state index in [1.807, 2.05) is 54.6 Å². The van der Waals surface area contributed by atoms with Gasteiger partial charge in [-0.05, 0) is 46.6 Å². The van der Waals surface area contributed by atoms with Crippen LogP contribution in [0.2, 0.25) is 0 Å². The van der Waals surface area contributed by atoms with Crippen molar-refractivity contribution in [2.75, 3.05) is 13.1 Å². The molecule has 2 aromatic carbocycles. The number of halogens is 1. The Kier molecular flexibility index (Phi) is 5.31. The Morgan fingerprint density at radius 2 is 1.96 bits per heavy atom. The quantitative estimate of drug-likeness (QED) is 0.675. The highest BCUT2D eigenvalue weighted by Crippen LogP contribution is 2.19. The third kappa shape index (κ3) is 4.26. The SMILES string of the molecule is O=C(NC1CCN(Cc2noc(-c3ccccc3)n2)C1)c1ccccc1Br. The minimum Gasteiger partial charge on any atom is -0.348 e. The van der Waals surface area contributed by atoms with Crippen molar-refractivity contribution >= 4 is 21.8 Å². The molecule has 7 heteroatoms. The Labute approximate surface area is 165 Å². The van der Waals surface area contributed by atoms with Gasteiger partial charge in [-0.1, -0.05) is 35.5 Å². The second-order valence-corrected chi connectivity index (χ2v) is 7.41. The second-order valence-electron chi connectivity index (χ2n) is 6.56. The highest BCUT2D eigenvalue weighted by atomic mass is 79.9. The lowest BCUT2D eigenvalue weighted by Gasteiger charge is -2.15. The van der Waals surface area contributed by atoms with E-state index in [-0.39, 0.29) is 11.9 Å². The molecule has 1 unspecified atom stereocenters. The van der Waals surface area contributed by atoms with Crippen LogP contribution >= 0.6 is 15.9 Å². The van der Waals surface area contributed by atoms with E-state index in [2.05, 4.69) is 36.3 Å². The molecular weight excluding hydrogens is 408 g/mol. The van der Waals surface area contributed by atoms with Gasteiger partial charge in [-0.3, -0.25) is 9.69 Å². The summed E-state index contributed by atoms with van der Waals surface area (Å²) in [5.74, 6) is 1.13. The molecule has 0 radical (unpaired) electrons. The summed E-state index contributed by atoms with van der Waals surface area (Å²) in [7, 11) is 0. The van der Waals surface area contributed by atoms with Gasteiger partial charge in [0, 0.05) is 29.2 Å². The number of carbonyl (C=O) groups is 1. The van der Waals surface area contributed by atoms with Gasteiger partial charge in [-0.25, -0.2) is 0 Å². The molecule has 1 atom stereocenters. The van der Waals surface area contributed by atoms with Gasteiger partial charge >= 0.3 is 0 Å². The molecule has 1 aliphatic rings. The highest BCUT2D eigenvalue weighted by molar-refractivity contribution is 9.10. The largest absolute Gasteiger partial charge is 0.348 e. The van der Waals surface area contributed by atoms with Crippen LogP contribution in [-0.2, 0) is 6.54 Å². The first-order valence-electron chi connectivity index (χ1n) is 8.85. The lowest BCUT2D eigenvalue weighted by atomic mass is 10.2. The highest BCUT2D eigenvalue weighted by Gasteiger charge is 2.26. The van der Waals surface area contributed by atoms with Crippen LogP contribution in [0.1, 0.15) is 22.6 Å². The maximum Gasteiger partial charge on any atom is 0.257 e. The van der Waals surface area contributed by atoms with Gasteiger partial charge in [0.25, 0.3) is 11.8 Å². The summed E-state index contributed by atoms with van der Waals surface area (Å²) in [6.45, 7) is 2.26. The maximum absolute atomic E-state index is 12.4. The number of hydrogen-bond acceptors (Lipinski definition) is 5. The van der Waals surface area contributed by atoms with E-state index < -0.39 is 0 Å². The summed E-state index contributed by atoms with van der Waals surface area (Å²) >= 11 is 3.43. The van der Waals surface area contributed by atoms with Crippen LogP contribution in [0.15, 0.2) is 63.6 Å². The molecule has 138 valence electrons. The van der Waals surface area contributed by atoms with E-state index in [4.69, 9.17) is 4.52 Å². The van der Waals surface area contributed by atoms with Crippen molar-refractivity contribution in [3.05, 3.63) is 70.5 Å². The number of carbonyl (C=O) groups excluding carboxylic acids is 1. The number of likely N-dealkylation sites (tertiary alicyclic amines) is 1. The number of hydrogen-bond donors (Lipinski definition) is 1. The predicted molar refractivity (Wildman–Crippen MR) is 105 cm³/mol. The fourth-order valence-electron chi connectivity index (χ4n) is 3.22. The van der Waals surface area contributed by atoms with Gasteiger partial charge in [0.1, 0.15) is 0 Å². The van der Waals surface area contributed by atoms with Gasteiger partial charge < -0.3 is 9.84 Å². The Morgan fingerprint density at radius 1 is 1.19 bits per heavy atom. The molecule has 4 rings (SSSR count). The topological polar surface area (TPSA) is 71.3 Å². The van der Waals surface area contributed by atoms with Crippen LogP contribution in [0.3, 0.4) is 0 Å². The summed E-state index contributed by atoms with van der Waals surface area (Å²) in [5, 5.41) is 7.19. The fraction of sp³-hybridized carbons (Fsp3) is 0.250. The molecule has 0 saturated carbocycles. The molecule has 1 aromatic heterocycles. The summed E-state index contributed by atoms with van der Waals surface area (Å²) in [5.41, 5.74) is 1.57. The molecule has 1 N–H and O–H groups in total. The number of aromatic nitrogens is 2.